The molecule has 1 saturated carbocycles. The van der Waals surface area contributed by atoms with Gasteiger partial charge in [-0.1, -0.05) is 23.8 Å². The lowest BCUT2D eigenvalue weighted by Gasteiger charge is -2.23. The van der Waals surface area contributed by atoms with Gasteiger partial charge in [-0.25, -0.2) is 4.68 Å². The van der Waals surface area contributed by atoms with E-state index in [1.807, 2.05) is 24.3 Å². The Kier molecular flexibility index (Phi) is 5.83. The zero-order valence-electron chi connectivity index (χ0n) is 14.8. The summed E-state index contributed by atoms with van der Waals surface area (Å²) >= 11 is 0. The van der Waals surface area contributed by atoms with Gasteiger partial charge in [-0.3, -0.25) is 9.59 Å². The Hall–Kier alpha value is -2.90. The summed E-state index contributed by atoms with van der Waals surface area (Å²) in [4.78, 5) is 23.9. The molecule has 8 nitrogen and oxygen atoms in total. The summed E-state index contributed by atoms with van der Waals surface area (Å²) in [7, 11) is 1.63. The van der Waals surface area contributed by atoms with Gasteiger partial charge in [0.15, 0.2) is 5.82 Å². The third-order valence-corrected chi connectivity index (χ3v) is 4.47. The van der Waals surface area contributed by atoms with Crippen LogP contribution in [0.1, 0.15) is 24.8 Å². The average molecular weight is 357 g/mol. The van der Waals surface area contributed by atoms with Crippen molar-refractivity contribution in [2.24, 2.45) is 5.92 Å². The van der Waals surface area contributed by atoms with Crippen LogP contribution in [0.15, 0.2) is 30.5 Å². The van der Waals surface area contributed by atoms with Crippen molar-refractivity contribution in [2.45, 2.75) is 32.2 Å². The molecule has 1 aromatic heterocycles. The Morgan fingerprint density at radius 2 is 2.04 bits per heavy atom. The molecule has 8 heteroatoms. The fourth-order valence-electron chi connectivity index (χ4n) is 2.67. The Bertz CT molecular complexity index is 752. The van der Waals surface area contributed by atoms with Gasteiger partial charge in [0.2, 0.25) is 11.8 Å². The second-order valence-corrected chi connectivity index (χ2v) is 6.37. The third-order valence-electron chi connectivity index (χ3n) is 4.47. The molecule has 0 saturated heterocycles. The van der Waals surface area contributed by atoms with Crippen molar-refractivity contribution < 1.29 is 14.3 Å². The first-order valence-corrected chi connectivity index (χ1v) is 8.74. The number of carbonyl (C=O) groups is 2. The van der Waals surface area contributed by atoms with Crippen molar-refractivity contribution in [2.75, 3.05) is 19.0 Å². The molecule has 0 spiro atoms. The maximum atomic E-state index is 12.0. The van der Waals surface area contributed by atoms with Crippen molar-refractivity contribution in [1.29, 1.82) is 0 Å². The Balaban J connectivity index is 1.39. The van der Waals surface area contributed by atoms with Crippen molar-refractivity contribution in [3.8, 4) is 5.75 Å². The van der Waals surface area contributed by atoms with Crippen LogP contribution in [-0.2, 0) is 22.6 Å². The van der Waals surface area contributed by atoms with E-state index in [0.717, 1.165) is 37.0 Å². The summed E-state index contributed by atoms with van der Waals surface area (Å²) in [6.45, 7) is 0.597. The number of rotatable bonds is 8. The van der Waals surface area contributed by atoms with E-state index in [1.54, 1.807) is 13.3 Å². The second-order valence-electron chi connectivity index (χ2n) is 6.37. The topological polar surface area (TPSA) is 98.1 Å². The molecule has 26 heavy (non-hydrogen) atoms. The van der Waals surface area contributed by atoms with Crippen molar-refractivity contribution >= 4 is 17.6 Å². The standard InChI is InChI=1S/C18H23N5O3/c1-26-15-7-5-13(6-8-15)9-10-19-17(24)12-23-11-16(21-22-23)20-18(25)14-3-2-4-14/h5-8,11,14H,2-4,9-10,12H2,1H3,(H,19,24)(H,20,25). The van der Waals surface area contributed by atoms with E-state index in [-0.39, 0.29) is 24.3 Å². The molecule has 0 aliphatic heterocycles. The minimum Gasteiger partial charge on any atom is -0.497 e. The molecule has 0 radical (unpaired) electrons. The summed E-state index contributed by atoms with van der Waals surface area (Å²) in [6.07, 6.45) is 5.25. The summed E-state index contributed by atoms with van der Waals surface area (Å²) in [5.74, 6) is 1.10. The maximum Gasteiger partial charge on any atom is 0.241 e. The number of nitrogens with one attached hydrogen (secondary N) is 2. The lowest BCUT2D eigenvalue weighted by molar-refractivity contribution is -0.122. The Labute approximate surface area is 151 Å². The van der Waals surface area contributed by atoms with Crippen LogP contribution in [0.5, 0.6) is 5.75 Å². The highest BCUT2D eigenvalue weighted by Gasteiger charge is 2.25. The number of methoxy groups -OCH3 is 1. The van der Waals surface area contributed by atoms with E-state index in [2.05, 4.69) is 20.9 Å². The summed E-state index contributed by atoms with van der Waals surface area (Å²) in [5, 5.41) is 13.3. The largest absolute Gasteiger partial charge is 0.497 e. The lowest BCUT2D eigenvalue weighted by atomic mass is 9.85. The van der Waals surface area contributed by atoms with Crippen LogP contribution in [0.4, 0.5) is 5.82 Å². The monoisotopic (exact) mass is 357 g/mol. The lowest BCUT2D eigenvalue weighted by Crippen LogP contribution is -2.29. The molecule has 1 aliphatic carbocycles. The zero-order valence-corrected chi connectivity index (χ0v) is 14.8. The van der Waals surface area contributed by atoms with Gasteiger partial charge in [-0.2, -0.15) is 0 Å². The maximum absolute atomic E-state index is 12.0. The summed E-state index contributed by atoms with van der Waals surface area (Å²) < 4.78 is 6.53. The number of nitrogens with zero attached hydrogens (tertiary/aromatic N) is 3. The van der Waals surface area contributed by atoms with Crippen LogP contribution < -0.4 is 15.4 Å². The Morgan fingerprint density at radius 1 is 1.27 bits per heavy atom. The van der Waals surface area contributed by atoms with Gasteiger partial charge in [0.05, 0.1) is 13.3 Å². The van der Waals surface area contributed by atoms with Crippen LogP contribution >= 0.6 is 0 Å². The molecule has 1 heterocycles. The predicted octanol–water partition coefficient (Wildman–Crippen LogP) is 1.38. The minimum atomic E-state index is -0.153. The first-order valence-electron chi connectivity index (χ1n) is 8.74. The van der Waals surface area contributed by atoms with Gasteiger partial charge in [-0.05, 0) is 37.0 Å². The van der Waals surface area contributed by atoms with Gasteiger partial charge >= 0.3 is 0 Å². The molecule has 0 atom stereocenters. The van der Waals surface area contributed by atoms with Gasteiger partial charge in [0.1, 0.15) is 12.3 Å². The molecule has 0 bridgehead atoms. The average Bonchev–Trinajstić information content (AvgIpc) is 3.00. The Morgan fingerprint density at radius 3 is 2.69 bits per heavy atom. The number of amides is 2. The van der Waals surface area contributed by atoms with Gasteiger partial charge in [0.25, 0.3) is 0 Å². The summed E-state index contributed by atoms with van der Waals surface area (Å²) in [6, 6.07) is 7.73. The molecule has 1 aliphatic rings. The molecule has 0 unspecified atom stereocenters. The fourth-order valence-corrected chi connectivity index (χ4v) is 2.67. The first kappa shape index (κ1) is 17.9. The third kappa shape index (κ3) is 4.81. The van der Waals surface area contributed by atoms with E-state index < -0.39 is 0 Å². The molecule has 2 aromatic rings. The van der Waals surface area contributed by atoms with Gasteiger partial charge < -0.3 is 15.4 Å². The molecule has 3 rings (SSSR count). The predicted molar refractivity (Wildman–Crippen MR) is 95.7 cm³/mol. The highest BCUT2D eigenvalue weighted by atomic mass is 16.5. The van der Waals surface area contributed by atoms with Gasteiger partial charge in [0, 0.05) is 12.5 Å². The minimum absolute atomic E-state index is 0.0211. The van der Waals surface area contributed by atoms with Crippen LogP contribution in [0, 0.1) is 5.92 Å². The number of benzene rings is 1. The van der Waals surface area contributed by atoms with Gasteiger partial charge in [-0.15, -0.1) is 5.10 Å². The molecule has 1 fully saturated rings. The number of hydrogen-bond acceptors (Lipinski definition) is 5. The highest BCUT2D eigenvalue weighted by molar-refractivity contribution is 5.92. The number of ether oxygens (including phenoxy) is 1. The smallest absolute Gasteiger partial charge is 0.241 e. The van der Waals surface area contributed by atoms with E-state index >= 15 is 0 Å². The van der Waals surface area contributed by atoms with Crippen molar-refractivity contribution in [3.63, 3.8) is 0 Å². The fraction of sp³-hybridized carbons (Fsp3) is 0.444. The number of anilines is 1. The van der Waals surface area contributed by atoms with Crippen molar-refractivity contribution in [1.82, 2.24) is 20.3 Å². The summed E-state index contributed by atoms with van der Waals surface area (Å²) in [5.41, 5.74) is 1.12. The van der Waals surface area contributed by atoms with Crippen molar-refractivity contribution in [3.05, 3.63) is 36.0 Å². The van der Waals surface area contributed by atoms with Crippen LogP contribution in [0.25, 0.3) is 0 Å². The van der Waals surface area contributed by atoms with Crippen LogP contribution in [0.2, 0.25) is 0 Å². The SMILES string of the molecule is COc1ccc(CCNC(=O)Cn2cc(NC(=O)C3CCC3)nn2)cc1. The quantitative estimate of drug-likeness (QED) is 0.744. The number of hydrogen-bond donors (Lipinski definition) is 2. The molecular weight excluding hydrogens is 334 g/mol. The molecular formula is C18H23N5O3. The highest BCUT2D eigenvalue weighted by Crippen LogP contribution is 2.27. The number of carbonyl (C=O) groups excluding carboxylic acids is 2. The zero-order chi connectivity index (χ0) is 18.4. The first-order chi connectivity index (χ1) is 12.6. The van der Waals surface area contributed by atoms with Crippen LogP contribution in [-0.4, -0.2) is 40.5 Å². The second kappa shape index (κ2) is 8.46. The van der Waals surface area contributed by atoms with E-state index in [0.29, 0.717) is 12.4 Å². The molecule has 138 valence electrons. The molecule has 2 N–H and O–H groups in total. The molecule has 2 amide bonds. The molecule has 1 aromatic carbocycles. The van der Waals surface area contributed by atoms with E-state index in [1.165, 1.54) is 4.68 Å². The van der Waals surface area contributed by atoms with E-state index in [9.17, 15) is 9.59 Å². The van der Waals surface area contributed by atoms with E-state index in [4.69, 9.17) is 4.74 Å². The number of aromatic nitrogens is 3. The van der Waals surface area contributed by atoms with Crippen LogP contribution in [0.3, 0.4) is 0 Å². The normalized spacial score (nSPS) is 13.7.